The number of hydrogen-bond donors (Lipinski definition) is 1. The minimum Gasteiger partial charge on any atom is -0.385 e. The molecule has 0 amide bonds. The Morgan fingerprint density at radius 2 is 2.44 bits per heavy atom. The standard InChI is InChI=1S/C14H24N2O2/c1-2-9-16-10-8-15-14(16)13(17)7-6-12-5-3-4-11-18-12/h8,10,12-13,17H,2-7,9,11H2,1H3. The van der Waals surface area contributed by atoms with Crippen molar-refractivity contribution in [3.63, 3.8) is 0 Å². The number of aromatic nitrogens is 2. The fraction of sp³-hybridized carbons (Fsp3) is 0.786. The number of imidazole rings is 1. The highest BCUT2D eigenvalue weighted by molar-refractivity contribution is 4.96. The van der Waals surface area contributed by atoms with Crippen LogP contribution in [-0.2, 0) is 11.3 Å². The van der Waals surface area contributed by atoms with Crippen LogP contribution in [0.25, 0.3) is 0 Å². The fourth-order valence-corrected chi connectivity index (χ4v) is 2.56. The lowest BCUT2D eigenvalue weighted by Crippen LogP contribution is -2.20. The monoisotopic (exact) mass is 252 g/mol. The van der Waals surface area contributed by atoms with E-state index in [0.717, 1.165) is 44.7 Å². The summed E-state index contributed by atoms with van der Waals surface area (Å²) >= 11 is 0. The van der Waals surface area contributed by atoms with Crippen molar-refractivity contribution in [3.8, 4) is 0 Å². The van der Waals surface area contributed by atoms with E-state index >= 15 is 0 Å². The lowest BCUT2D eigenvalue weighted by Gasteiger charge is -2.23. The summed E-state index contributed by atoms with van der Waals surface area (Å²) in [5.74, 6) is 0.799. The van der Waals surface area contributed by atoms with Gasteiger partial charge in [-0.15, -0.1) is 0 Å². The van der Waals surface area contributed by atoms with Gasteiger partial charge in [-0.1, -0.05) is 6.92 Å². The second-order valence-corrected chi connectivity index (χ2v) is 5.06. The summed E-state index contributed by atoms with van der Waals surface area (Å²) in [6, 6.07) is 0. The second-order valence-electron chi connectivity index (χ2n) is 5.06. The Balaban J connectivity index is 1.82. The molecule has 102 valence electrons. The third-order valence-electron chi connectivity index (χ3n) is 3.55. The quantitative estimate of drug-likeness (QED) is 0.846. The number of aliphatic hydroxyl groups excluding tert-OH is 1. The first kappa shape index (κ1) is 13.6. The molecule has 2 heterocycles. The number of hydrogen-bond acceptors (Lipinski definition) is 3. The smallest absolute Gasteiger partial charge is 0.137 e. The maximum absolute atomic E-state index is 10.2. The van der Waals surface area contributed by atoms with E-state index in [4.69, 9.17) is 4.74 Å². The van der Waals surface area contributed by atoms with E-state index in [9.17, 15) is 5.11 Å². The molecule has 1 saturated heterocycles. The number of aliphatic hydroxyl groups is 1. The molecule has 4 nitrogen and oxygen atoms in total. The van der Waals surface area contributed by atoms with Crippen molar-refractivity contribution < 1.29 is 9.84 Å². The summed E-state index contributed by atoms with van der Waals surface area (Å²) in [5, 5.41) is 10.2. The molecule has 2 rings (SSSR count). The summed E-state index contributed by atoms with van der Waals surface area (Å²) < 4.78 is 7.73. The van der Waals surface area contributed by atoms with Crippen LogP contribution in [0.5, 0.6) is 0 Å². The molecule has 1 aromatic heterocycles. The minimum absolute atomic E-state index is 0.336. The van der Waals surface area contributed by atoms with E-state index in [0.29, 0.717) is 6.10 Å². The molecule has 18 heavy (non-hydrogen) atoms. The molecule has 0 aromatic carbocycles. The summed E-state index contributed by atoms with van der Waals surface area (Å²) in [6.07, 6.45) is 9.89. The molecule has 0 aliphatic carbocycles. The topological polar surface area (TPSA) is 47.3 Å². The molecule has 2 atom stereocenters. The lowest BCUT2D eigenvalue weighted by molar-refractivity contribution is 0.00129. The summed E-state index contributed by atoms with van der Waals surface area (Å²) in [4.78, 5) is 4.27. The van der Waals surface area contributed by atoms with E-state index in [-0.39, 0.29) is 0 Å². The molecule has 0 saturated carbocycles. The summed E-state index contributed by atoms with van der Waals surface area (Å²) in [5.41, 5.74) is 0. The number of nitrogens with zero attached hydrogens (tertiary/aromatic N) is 2. The number of ether oxygens (including phenoxy) is 1. The lowest BCUT2D eigenvalue weighted by atomic mass is 10.0. The largest absolute Gasteiger partial charge is 0.385 e. The maximum Gasteiger partial charge on any atom is 0.137 e. The van der Waals surface area contributed by atoms with Gasteiger partial charge in [0.15, 0.2) is 0 Å². The molecule has 1 fully saturated rings. The van der Waals surface area contributed by atoms with E-state index < -0.39 is 6.10 Å². The Labute approximate surface area is 109 Å². The number of aryl methyl sites for hydroxylation is 1. The molecule has 2 unspecified atom stereocenters. The van der Waals surface area contributed by atoms with Crippen molar-refractivity contribution in [2.75, 3.05) is 6.61 Å². The molecule has 0 bridgehead atoms. The Kier molecular flexibility index (Phi) is 5.20. The molecule has 1 N–H and O–H groups in total. The zero-order chi connectivity index (χ0) is 12.8. The molecule has 1 aromatic rings. The first-order chi connectivity index (χ1) is 8.81. The van der Waals surface area contributed by atoms with Gasteiger partial charge in [0.25, 0.3) is 0 Å². The highest BCUT2D eigenvalue weighted by Gasteiger charge is 2.18. The van der Waals surface area contributed by atoms with Gasteiger partial charge in [0, 0.05) is 25.5 Å². The van der Waals surface area contributed by atoms with Crippen molar-refractivity contribution in [3.05, 3.63) is 18.2 Å². The van der Waals surface area contributed by atoms with Crippen molar-refractivity contribution in [1.82, 2.24) is 9.55 Å². The summed E-state index contributed by atoms with van der Waals surface area (Å²) in [6.45, 7) is 3.93. The summed E-state index contributed by atoms with van der Waals surface area (Å²) in [7, 11) is 0. The van der Waals surface area contributed by atoms with Crippen LogP contribution in [0.15, 0.2) is 12.4 Å². The van der Waals surface area contributed by atoms with Gasteiger partial charge in [0.2, 0.25) is 0 Å². The average Bonchev–Trinajstić information content (AvgIpc) is 2.86. The maximum atomic E-state index is 10.2. The van der Waals surface area contributed by atoms with Crippen molar-refractivity contribution in [2.24, 2.45) is 0 Å². The van der Waals surface area contributed by atoms with Gasteiger partial charge in [-0.2, -0.15) is 0 Å². The van der Waals surface area contributed by atoms with Crippen molar-refractivity contribution in [2.45, 2.75) is 64.2 Å². The zero-order valence-corrected chi connectivity index (χ0v) is 11.2. The Hall–Kier alpha value is -0.870. The fourth-order valence-electron chi connectivity index (χ4n) is 2.56. The van der Waals surface area contributed by atoms with Crippen molar-refractivity contribution in [1.29, 1.82) is 0 Å². The molecular formula is C14H24N2O2. The Bertz CT molecular complexity index is 345. The van der Waals surface area contributed by atoms with Gasteiger partial charge in [0.05, 0.1) is 6.10 Å². The van der Waals surface area contributed by atoms with E-state index in [1.807, 2.05) is 10.8 Å². The third-order valence-corrected chi connectivity index (χ3v) is 3.55. The molecular weight excluding hydrogens is 228 g/mol. The predicted molar refractivity (Wildman–Crippen MR) is 70.3 cm³/mol. The number of rotatable bonds is 6. The normalized spacial score (nSPS) is 22.0. The first-order valence-electron chi connectivity index (χ1n) is 7.12. The van der Waals surface area contributed by atoms with Gasteiger partial charge >= 0.3 is 0 Å². The van der Waals surface area contributed by atoms with Gasteiger partial charge in [-0.05, 0) is 38.5 Å². The van der Waals surface area contributed by atoms with Gasteiger partial charge in [0.1, 0.15) is 11.9 Å². The Morgan fingerprint density at radius 3 is 3.17 bits per heavy atom. The molecule has 0 radical (unpaired) electrons. The van der Waals surface area contributed by atoms with Crippen LogP contribution < -0.4 is 0 Å². The van der Waals surface area contributed by atoms with Crippen LogP contribution in [0, 0.1) is 0 Å². The SMILES string of the molecule is CCCn1ccnc1C(O)CCC1CCCCO1. The molecule has 4 heteroatoms. The highest BCUT2D eigenvalue weighted by atomic mass is 16.5. The zero-order valence-electron chi connectivity index (χ0n) is 11.2. The van der Waals surface area contributed by atoms with Crippen LogP contribution in [0.1, 0.15) is 57.4 Å². The van der Waals surface area contributed by atoms with Gasteiger partial charge in [-0.3, -0.25) is 0 Å². The van der Waals surface area contributed by atoms with E-state index in [1.165, 1.54) is 12.8 Å². The van der Waals surface area contributed by atoms with Crippen LogP contribution in [0.3, 0.4) is 0 Å². The van der Waals surface area contributed by atoms with Crippen LogP contribution >= 0.6 is 0 Å². The van der Waals surface area contributed by atoms with Gasteiger partial charge < -0.3 is 14.4 Å². The van der Waals surface area contributed by atoms with Crippen LogP contribution in [-0.4, -0.2) is 27.4 Å². The Morgan fingerprint density at radius 1 is 1.56 bits per heavy atom. The third kappa shape index (κ3) is 3.56. The van der Waals surface area contributed by atoms with Crippen molar-refractivity contribution >= 4 is 0 Å². The molecule has 1 aliphatic rings. The van der Waals surface area contributed by atoms with E-state index in [1.54, 1.807) is 6.20 Å². The predicted octanol–water partition coefficient (Wildman–Crippen LogP) is 2.68. The van der Waals surface area contributed by atoms with Crippen LogP contribution in [0.2, 0.25) is 0 Å². The second kappa shape index (κ2) is 6.90. The molecule has 1 aliphatic heterocycles. The highest BCUT2D eigenvalue weighted by Crippen LogP contribution is 2.23. The van der Waals surface area contributed by atoms with E-state index in [2.05, 4.69) is 11.9 Å². The average molecular weight is 252 g/mol. The van der Waals surface area contributed by atoms with Crippen LogP contribution in [0.4, 0.5) is 0 Å². The minimum atomic E-state index is -0.461. The van der Waals surface area contributed by atoms with Gasteiger partial charge in [-0.25, -0.2) is 4.98 Å². The molecule has 0 spiro atoms. The first-order valence-corrected chi connectivity index (χ1v) is 7.12.